The zero-order valence-corrected chi connectivity index (χ0v) is 16.2. The smallest absolute Gasteiger partial charge is 0.323 e. The molecule has 1 aliphatic heterocycles. The molecule has 3 rings (SSSR count). The van der Waals surface area contributed by atoms with Gasteiger partial charge in [-0.05, 0) is 38.3 Å². The third-order valence-corrected chi connectivity index (χ3v) is 5.09. The molecule has 9 heteroatoms. The molecule has 0 aliphatic carbocycles. The second-order valence-electron chi connectivity index (χ2n) is 6.62. The number of nitrogens with one attached hydrogen (secondary N) is 2. The van der Waals surface area contributed by atoms with Crippen molar-refractivity contribution >= 4 is 34.0 Å². The van der Waals surface area contributed by atoms with Gasteiger partial charge in [-0.1, -0.05) is 11.3 Å². The summed E-state index contributed by atoms with van der Waals surface area (Å²) in [6.45, 7) is 3.33. The van der Waals surface area contributed by atoms with Gasteiger partial charge in [-0.2, -0.15) is 0 Å². The molecule has 8 nitrogen and oxygen atoms in total. The minimum absolute atomic E-state index is 0.0983. The highest BCUT2D eigenvalue weighted by atomic mass is 32.1. The molecule has 3 heterocycles. The van der Waals surface area contributed by atoms with E-state index in [1.54, 1.807) is 0 Å². The van der Waals surface area contributed by atoms with Crippen LogP contribution in [0.4, 0.5) is 21.4 Å². The molecule has 0 spiro atoms. The highest BCUT2D eigenvalue weighted by molar-refractivity contribution is 7.15. The molecule has 26 heavy (non-hydrogen) atoms. The van der Waals surface area contributed by atoms with Crippen molar-refractivity contribution < 1.29 is 4.79 Å². The zero-order chi connectivity index (χ0) is 18.5. The Morgan fingerprint density at radius 2 is 2.12 bits per heavy atom. The molecule has 1 unspecified atom stereocenters. The number of hydrogen-bond donors (Lipinski definition) is 2. The van der Waals surface area contributed by atoms with Gasteiger partial charge in [0.15, 0.2) is 0 Å². The molecule has 0 aromatic carbocycles. The molecule has 1 atom stereocenters. The lowest BCUT2D eigenvalue weighted by Gasteiger charge is -2.21. The van der Waals surface area contributed by atoms with Crippen molar-refractivity contribution in [2.24, 2.45) is 0 Å². The van der Waals surface area contributed by atoms with E-state index in [0.717, 1.165) is 42.3 Å². The Bertz CT molecular complexity index is 731. The lowest BCUT2D eigenvalue weighted by atomic mass is 10.1. The van der Waals surface area contributed by atoms with Gasteiger partial charge in [0.25, 0.3) is 0 Å². The molecule has 0 saturated carbocycles. The van der Waals surface area contributed by atoms with Gasteiger partial charge in [-0.15, -0.1) is 10.2 Å². The number of carbonyl (C=O) groups is 1. The van der Waals surface area contributed by atoms with E-state index < -0.39 is 0 Å². The van der Waals surface area contributed by atoms with E-state index in [2.05, 4.69) is 31.9 Å². The first-order chi connectivity index (χ1) is 12.5. The standard InChI is InChI=1S/C17H25N7OS/c1-12-21-22-16(26-12)20-17(25)24-9-4-5-13(8-10-24)19-14-6-7-15(18-11-14)23(2)3/h6-7,11,13,19H,4-5,8-10H2,1-3H3,(H,20,22,25). The maximum Gasteiger partial charge on any atom is 0.323 e. The molecule has 2 N–H and O–H groups in total. The van der Waals surface area contributed by atoms with Crippen molar-refractivity contribution in [2.75, 3.05) is 42.7 Å². The first-order valence-electron chi connectivity index (χ1n) is 8.77. The highest BCUT2D eigenvalue weighted by Crippen LogP contribution is 2.19. The predicted octanol–water partition coefficient (Wildman–Crippen LogP) is 2.81. The maximum atomic E-state index is 12.4. The quantitative estimate of drug-likeness (QED) is 0.855. The van der Waals surface area contributed by atoms with Crippen LogP contribution in [0.5, 0.6) is 0 Å². The van der Waals surface area contributed by atoms with Crippen LogP contribution in [0.3, 0.4) is 0 Å². The second kappa shape index (κ2) is 8.31. The molecule has 0 bridgehead atoms. The number of carbonyl (C=O) groups excluding carboxylic acids is 1. The minimum atomic E-state index is -0.0983. The van der Waals surface area contributed by atoms with Crippen LogP contribution in [0, 0.1) is 6.92 Å². The summed E-state index contributed by atoms with van der Waals surface area (Å²) >= 11 is 1.39. The molecule has 1 fully saturated rings. The Morgan fingerprint density at radius 1 is 1.27 bits per heavy atom. The number of pyridine rings is 1. The number of nitrogens with zero attached hydrogens (tertiary/aromatic N) is 5. The predicted molar refractivity (Wildman–Crippen MR) is 105 cm³/mol. The van der Waals surface area contributed by atoms with Crippen molar-refractivity contribution in [1.29, 1.82) is 0 Å². The monoisotopic (exact) mass is 375 g/mol. The number of urea groups is 1. The van der Waals surface area contributed by atoms with Crippen molar-refractivity contribution in [1.82, 2.24) is 20.1 Å². The van der Waals surface area contributed by atoms with Crippen LogP contribution in [0.25, 0.3) is 0 Å². The Morgan fingerprint density at radius 3 is 2.77 bits per heavy atom. The summed E-state index contributed by atoms with van der Waals surface area (Å²) < 4.78 is 0. The molecule has 1 saturated heterocycles. The molecular weight excluding hydrogens is 350 g/mol. The van der Waals surface area contributed by atoms with E-state index >= 15 is 0 Å². The number of likely N-dealkylation sites (tertiary alicyclic amines) is 1. The number of anilines is 3. The summed E-state index contributed by atoms with van der Waals surface area (Å²) in [6.07, 6.45) is 4.75. The van der Waals surface area contributed by atoms with Gasteiger partial charge in [-0.25, -0.2) is 9.78 Å². The van der Waals surface area contributed by atoms with Crippen molar-refractivity contribution in [2.45, 2.75) is 32.2 Å². The molecule has 2 amide bonds. The summed E-state index contributed by atoms with van der Waals surface area (Å²) in [5.41, 5.74) is 1.02. The van der Waals surface area contributed by atoms with E-state index in [9.17, 15) is 4.79 Å². The topological polar surface area (TPSA) is 86.3 Å². The van der Waals surface area contributed by atoms with Gasteiger partial charge in [0, 0.05) is 33.2 Å². The van der Waals surface area contributed by atoms with Gasteiger partial charge in [-0.3, -0.25) is 5.32 Å². The van der Waals surface area contributed by atoms with Gasteiger partial charge in [0.05, 0.1) is 11.9 Å². The third-order valence-electron chi connectivity index (χ3n) is 4.33. The van der Waals surface area contributed by atoms with Crippen LogP contribution in [-0.2, 0) is 0 Å². The Balaban J connectivity index is 1.52. The third kappa shape index (κ3) is 4.81. The van der Waals surface area contributed by atoms with Crippen LogP contribution >= 0.6 is 11.3 Å². The van der Waals surface area contributed by atoms with Gasteiger partial charge >= 0.3 is 6.03 Å². The van der Waals surface area contributed by atoms with Crippen LogP contribution in [0.15, 0.2) is 18.3 Å². The SMILES string of the molecule is Cc1nnc(NC(=O)N2CCCC(Nc3ccc(N(C)C)nc3)CC2)s1. The van der Waals surface area contributed by atoms with E-state index in [4.69, 9.17) is 0 Å². The summed E-state index contributed by atoms with van der Waals surface area (Å²) in [4.78, 5) is 20.7. The minimum Gasteiger partial charge on any atom is -0.381 e. The number of aromatic nitrogens is 3. The molecule has 0 radical (unpaired) electrons. The zero-order valence-electron chi connectivity index (χ0n) is 15.4. The van der Waals surface area contributed by atoms with Crippen LogP contribution in [0.2, 0.25) is 0 Å². The summed E-state index contributed by atoms with van der Waals surface area (Å²) in [6, 6.07) is 4.29. The normalized spacial score (nSPS) is 17.5. The van der Waals surface area contributed by atoms with Crippen molar-refractivity contribution in [3.8, 4) is 0 Å². The van der Waals surface area contributed by atoms with E-state index in [1.165, 1.54) is 11.3 Å². The van der Waals surface area contributed by atoms with Crippen LogP contribution in [-0.4, -0.2) is 59.3 Å². The van der Waals surface area contributed by atoms with Gasteiger partial charge in [0.2, 0.25) is 5.13 Å². The van der Waals surface area contributed by atoms with Crippen molar-refractivity contribution in [3.63, 3.8) is 0 Å². The summed E-state index contributed by atoms with van der Waals surface area (Å²) in [5.74, 6) is 0.936. The summed E-state index contributed by atoms with van der Waals surface area (Å²) in [5, 5.41) is 15.7. The van der Waals surface area contributed by atoms with E-state index in [-0.39, 0.29) is 6.03 Å². The average Bonchev–Trinajstić information content (AvgIpc) is 2.88. The second-order valence-corrected chi connectivity index (χ2v) is 7.80. The first kappa shape index (κ1) is 18.4. The fourth-order valence-electron chi connectivity index (χ4n) is 2.93. The Kier molecular flexibility index (Phi) is 5.87. The molecular formula is C17H25N7OS. The molecule has 140 valence electrons. The maximum absolute atomic E-state index is 12.4. The van der Waals surface area contributed by atoms with E-state index in [1.807, 2.05) is 43.1 Å². The highest BCUT2D eigenvalue weighted by Gasteiger charge is 2.21. The number of rotatable bonds is 4. The average molecular weight is 376 g/mol. The molecule has 2 aromatic heterocycles. The van der Waals surface area contributed by atoms with Crippen molar-refractivity contribution in [3.05, 3.63) is 23.3 Å². The lowest BCUT2D eigenvalue weighted by molar-refractivity contribution is 0.213. The Hall–Kier alpha value is -2.42. The van der Waals surface area contributed by atoms with Gasteiger partial charge in [0.1, 0.15) is 10.8 Å². The largest absolute Gasteiger partial charge is 0.381 e. The van der Waals surface area contributed by atoms with E-state index in [0.29, 0.717) is 17.7 Å². The summed E-state index contributed by atoms with van der Waals surface area (Å²) in [7, 11) is 3.95. The number of hydrogen-bond acceptors (Lipinski definition) is 7. The molecule has 2 aromatic rings. The number of amides is 2. The van der Waals surface area contributed by atoms with Gasteiger partial charge < -0.3 is 15.1 Å². The molecule has 1 aliphatic rings. The van der Waals surface area contributed by atoms with Crippen LogP contribution in [0.1, 0.15) is 24.3 Å². The van der Waals surface area contributed by atoms with Crippen LogP contribution < -0.4 is 15.5 Å². The number of aryl methyl sites for hydroxylation is 1. The lowest BCUT2D eigenvalue weighted by Crippen LogP contribution is -2.36. The fourth-order valence-corrected chi connectivity index (χ4v) is 3.51. The fraction of sp³-hybridized carbons (Fsp3) is 0.529. The Labute approximate surface area is 157 Å². The first-order valence-corrected chi connectivity index (χ1v) is 9.59.